The first-order valence-electron chi connectivity index (χ1n) is 10.3. The molecule has 9 nitrogen and oxygen atoms in total. The molecule has 0 amide bonds. The summed E-state index contributed by atoms with van der Waals surface area (Å²) in [5, 5.41) is 14.1. The average molecular weight is 436 g/mol. The first-order chi connectivity index (χ1) is 15.4. The number of benzene rings is 1. The summed E-state index contributed by atoms with van der Waals surface area (Å²) >= 11 is 0. The van der Waals surface area contributed by atoms with Gasteiger partial charge in [0.2, 0.25) is 5.88 Å². The van der Waals surface area contributed by atoms with Gasteiger partial charge in [0.25, 0.3) is 5.88 Å². The predicted octanol–water partition coefficient (Wildman–Crippen LogP) is 3.30. The van der Waals surface area contributed by atoms with Crippen molar-refractivity contribution < 1.29 is 18.6 Å². The molecule has 164 valence electrons. The second kappa shape index (κ2) is 7.67. The highest BCUT2D eigenvalue weighted by Crippen LogP contribution is 2.39. The summed E-state index contributed by atoms with van der Waals surface area (Å²) in [5.41, 5.74) is 7.61. The number of nitrogen functional groups attached to an aromatic ring is 1. The van der Waals surface area contributed by atoms with Crippen molar-refractivity contribution in [2.45, 2.75) is 44.5 Å². The second-order valence-electron chi connectivity index (χ2n) is 7.94. The largest absolute Gasteiger partial charge is 0.490 e. The molecule has 1 fully saturated rings. The van der Waals surface area contributed by atoms with E-state index in [1.165, 1.54) is 23.0 Å². The minimum atomic E-state index is -0.618. The van der Waals surface area contributed by atoms with Gasteiger partial charge in [-0.3, -0.25) is 4.68 Å². The van der Waals surface area contributed by atoms with Crippen LogP contribution in [0.4, 0.5) is 10.2 Å². The highest BCUT2D eigenvalue weighted by molar-refractivity contribution is 5.71. The Bertz CT molecular complexity index is 1240. The highest BCUT2D eigenvalue weighted by Gasteiger charge is 2.32. The molecule has 0 saturated heterocycles. The smallest absolute Gasteiger partial charge is 0.258 e. The van der Waals surface area contributed by atoms with Crippen LogP contribution in [-0.4, -0.2) is 32.0 Å². The van der Waals surface area contributed by atoms with E-state index in [-0.39, 0.29) is 29.6 Å². The molecule has 2 unspecified atom stereocenters. The molecule has 10 heteroatoms. The summed E-state index contributed by atoms with van der Waals surface area (Å²) in [6, 6.07) is 6.49. The van der Waals surface area contributed by atoms with Gasteiger partial charge in [-0.2, -0.15) is 5.26 Å². The molecule has 3 aromatic rings. The lowest BCUT2D eigenvalue weighted by atomic mass is 10.1. The molecule has 1 aliphatic carbocycles. The lowest BCUT2D eigenvalue weighted by molar-refractivity contribution is 0.154. The number of hydrogen-bond donors (Lipinski definition) is 1. The van der Waals surface area contributed by atoms with Crippen molar-refractivity contribution in [3.05, 3.63) is 41.5 Å². The van der Waals surface area contributed by atoms with Crippen molar-refractivity contribution >= 4 is 5.82 Å². The third-order valence-electron chi connectivity index (χ3n) is 5.75. The maximum atomic E-state index is 14.1. The lowest BCUT2D eigenvalue weighted by Gasteiger charge is -2.22. The Kier molecular flexibility index (Phi) is 4.81. The molecule has 0 spiro atoms. The van der Waals surface area contributed by atoms with Crippen molar-refractivity contribution in [3.8, 4) is 34.8 Å². The second-order valence-corrected chi connectivity index (χ2v) is 7.94. The molecular formula is C22H21FN6O3. The van der Waals surface area contributed by atoms with Crippen LogP contribution < -0.4 is 19.9 Å². The van der Waals surface area contributed by atoms with E-state index in [0.717, 1.165) is 12.8 Å². The van der Waals surface area contributed by atoms with E-state index < -0.39 is 11.9 Å². The zero-order valence-electron chi connectivity index (χ0n) is 17.6. The summed E-state index contributed by atoms with van der Waals surface area (Å²) in [5.74, 6) is 0.561. The minimum absolute atomic E-state index is 0.0592. The molecule has 1 saturated carbocycles. The van der Waals surface area contributed by atoms with Gasteiger partial charge in [0.1, 0.15) is 47.2 Å². The van der Waals surface area contributed by atoms with Gasteiger partial charge in [-0.15, -0.1) is 5.10 Å². The van der Waals surface area contributed by atoms with Crippen LogP contribution in [0.2, 0.25) is 0 Å². The molecule has 3 heterocycles. The summed E-state index contributed by atoms with van der Waals surface area (Å²) in [7, 11) is 1.67. The van der Waals surface area contributed by atoms with Crippen LogP contribution >= 0.6 is 0 Å². The van der Waals surface area contributed by atoms with Crippen LogP contribution in [0.25, 0.3) is 11.3 Å². The van der Waals surface area contributed by atoms with Crippen LogP contribution in [-0.2, 0) is 7.05 Å². The maximum Gasteiger partial charge on any atom is 0.258 e. The first kappa shape index (κ1) is 20.1. The minimum Gasteiger partial charge on any atom is -0.490 e. The van der Waals surface area contributed by atoms with Gasteiger partial charge in [0, 0.05) is 19.0 Å². The highest BCUT2D eigenvalue weighted by atomic mass is 19.1. The fraction of sp³-hybridized carbons (Fsp3) is 0.364. The van der Waals surface area contributed by atoms with Crippen molar-refractivity contribution in [2.24, 2.45) is 7.05 Å². The zero-order valence-corrected chi connectivity index (χ0v) is 17.6. The molecule has 1 aromatic carbocycles. The van der Waals surface area contributed by atoms with Crippen molar-refractivity contribution in [2.75, 3.05) is 5.73 Å². The van der Waals surface area contributed by atoms with E-state index in [4.69, 9.17) is 19.9 Å². The van der Waals surface area contributed by atoms with E-state index in [9.17, 15) is 9.65 Å². The number of nitrogens with zero attached hydrogens (tertiary/aromatic N) is 5. The van der Waals surface area contributed by atoms with Crippen molar-refractivity contribution in [1.82, 2.24) is 19.7 Å². The van der Waals surface area contributed by atoms with Crippen LogP contribution in [0.15, 0.2) is 24.4 Å². The fourth-order valence-electron chi connectivity index (χ4n) is 4.16. The standard InChI is InChI=1S/C22H21FN6O3/c1-11-15-7-12(23)3-6-18(15)31-13-4-5-14(8-13)32-21-19(17(9-24)29(2)28-21)16-10-26-20(25)22(27-16)30-11/h3,6-7,10-11,13-14H,4-5,8H2,1-2H3,(H2,25,26)/t11-,13?,14?/m1/s1. The van der Waals surface area contributed by atoms with Crippen molar-refractivity contribution in [3.63, 3.8) is 0 Å². The topological polar surface area (TPSA) is 121 Å². The Labute approximate surface area is 183 Å². The zero-order chi connectivity index (χ0) is 22.4. The van der Waals surface area contributed by atoms with Gasteiger partial charge in [0.15, 0.2) is 11.5 Å². The Morgan fingerprint density at radius 2 is 1.97 bits per heavy atom. The summed E-state index contributed by atoms with van der Waals surface area (Å²) in [6.07, 6.45) is 2.73. The third-order valence-corrected chi connectivity index (χ3v) is 5.75. The molecule has 1 aliphatic heterocycles. The van der Waals surface area contributed by atoms with Gasteiger partial charge in [-0.05, 0) is 38.0 Å². The van der Waals surface area contributed by atoms with Gasteiger partial charge >= 0.3 is 0 Å². The van der Waals surface area contributed by atoms with Gasteiger partial charge < -0.3 is 19.9 Å². The molecule has 3 atom stereocenters. The Morgan fingerprint density at radius 3 is 2.75 bits per heavy atom. The fourth-order valence-corrected chi connectivity index (χ4v) is 4.16. The van der Waals surface area contributed by atoms with E-state index in [1.807, 2.05) is 0 Å². The molecule has 2 aliphatic rings. The van der Waals surface area contributed by atoms with Crippen LogP contribution in [0.3, 0.4) is 0 Å². The molecule has 0 radical (unpaired) electrons. The number of nitrogens with two attached hydrogens (primary N) is 1. The number of aryl methyl sites for hydroxylation is 1. The van der Waals surface area contributed by atoms with Gasteiger partial charge in [-0.1, -0.05) is 0 Å². The number of ether oxygens (including phenoxy) is 3. The number of rotatable bonds is 0. The SMILES string of the molecule is C[C@H]1Oc2nc(cnc2N)-c2c(nn(C)c2C#N)OC2CCC(C2)Oc2ccc(F)cc21. The number of halogens is 1. The summed E-state index contributed by atoms with van der Waals surface area (Å²) in [4.78, 5) is 8.69. The number of nitriles is 1. The average Bonchev–Trinajstić information content (AvgIpc) is 3.33. The molecule has 2 aromatic heterocycles. The van der Waals surface area contributed by atoms with Gasteiger partial charge in [0.05, 0.1) is 6.20 Å². The monoisotopic (exact) mass is 436 g/mol. The van der Waals surface area contributed by atoms with Crippen LogP contribution in [0.1, 0.15) is 43.5 Å². The summed E-state index contributed by atoms with van der Waals surface area (Å²) in [6.45, 7) is 1.76. The Hall–Kier alpha value is -3.87. The number of hydrogen-bond acceptors (Lipinski definition) is 8. The number of anilines is 1. The van der Waals surface area contributed by atoms with Crippen LogP contribution in [0.5, 0.6) is 17.5 Å². The number of aromatic nitrogens is 4. The van der Waals surface area contributed by atoms with E-state index in [0.29, 0.717) is 34.9 Å². The number of fused-ring (bicyclic) bond motifs is 7. The molecular weight excluding hydrogens is 415 g/mol. The quantitative estimate of drug-likeness (QED) is 0.570. The van der Waals surface area contributed by atoms with E-state index in [1.54, 1.807) is 20.0 Å². The Morgan fingerprint density at radius 1 is 1.19 bits per heavy atom. The maximum absolute atomic E-state index is 14.1. The predicted molar refractivity (Wildman–Crippen MR) is 111 cm³/mol. The third kappa shape index (κ3) is 3.45. The molecule has 4 bridgehead atoms. The Balaban J connectivity index is 1.67. The van der Waals surface area contributed by atoms with E-state index in [2.05, 4.69) is 21.1 Å². The first-order valence-corrected chi connectivity index (χ1v) is 10.3. The lowest BCUT2D eigenvalue weighted by Crippen LogP contribution is -2.19. The van der Waals surface area contributed by atoms with Gasteiger partial charge in [-0.25, -0.2) is 14.4 Å². The summed E-state index contributed by atoms with van der Waals surface area (Å²) < 4.78 is 33.9. The molecule has 5 rings (SSSR count). The molecule has 32 heavy (non-hydrogen) atoms. The van der Waals surface area contributed by atoms with E-state index >= 15 is 0 Å². The molecule has 2 N–H and O–H groups in total. The van der Waals surface area contributed by atoms with Crippen LogP contribution in [0, 0.1) is 17.1 Å². The van der Waals surface area contributed by atoms with Crippen molar-refractivity contribution in [1.29, 1.82) is 5.26 Å². The normalized spacial score (nSPS) is 21.8.